The van der Waals surface area contributed by atoms with Gasteiger partial charge in [-0.25, -0.2) is 0 Å². The van der Waals surface area contributed by atoms with E-state index < -0.39 is 5.60 Å². The Morgan fingerprint density at radius 3 is 2.56 bits per heavy atom. The summed E-state index contributed by atoms with van der Waals surface area (Å²) >= 11 is 3.42. The highest BCUT2D eigenvalue weighted by atomic mass is 79.9. The molecule has 1 aliphatic rings. The molecule has 0 atom stereocenters. The van der Waals surface area contributed by atoms with Crippen molar-refractivity contribution in [3.05, 3.63) is 40.4 Å². The Balaban J connectivity index is 2.36. The summed E-state index contributed by atoms with van der Waals surface area (Å²) in [5.74, 6) is 0.190. The maximum absolute atomic E-state index is 10.2. The molecule has 2 N–H and O–H groups in total. The van der Waals surface area contributed by atoms with Crippen LogP contribution >= 0.6 is 15.9 Å². The van der Waals surface area contributed by atoms with Crippen molar-refractivity contribution < 1.29 is 10.2 Å². The van der Waals surface area contributed by atoms with E-state index in [4.69, 9.17) is 0 Å². The highest BCUT2D eigenvalue weighted by molar-refractivity contribution is 9.10. The average Bonchev–Trinajstić information content (AvgIpc) is 2.97. The molecule has 0 aliphatic heterocycles. The lowest BCUT2D eigenvalue weighted by Crippen LogP contribution is -2.05. The summed E-state index contributed by atoms with van der Waals surface area (Å²) < 4.78 is 0.999. The second kappa shape index (κ2) is 3.22. The highest BCUT2D eigenvalue weighted by Gasteiger charge is 2.45. The van der Waals surface area contributed by atoms with Gasteiger partial charge in [0.15, 0.2) is 0 Å². The monoisotopic (exact) mass is 278 g/mol. The number of aromatic hydroxyl groups is 1. The van der Waals surface area contributed by atoms with Gasteiger partial charge in [-0.15, -0.1) is 0 Å². The Bertz CT molecular complexity index is 573. The fourth-order valence-electron chi connectivity index (χ4n) is 2.15. The molecule has 2 aromatic rings. The zero-order valence-corrected chi connectivity index (χ0v) is 10.2. The molecule has 0 saturated heterocycles. The largest absolute Gasteiger partial charge is 0.508 e. The standard InChI is InChI=1S/C13H11BrO2/c14-9-2-3-10-8(7-9)1-4-11(15)12(10)13(16)5-6-13/h1-4,7,15-16H,5-6H2. The van der Waals surface area contributed by atoms with Gasteiger partial charge in [0.1, 0.15) is 5.75 Å². The molecule has 0 radical (unpaired) electrons. The number of benzene rings is 2. The lowest BCUT2D eigenvalue weighted by Gasteiger charge is -2.14. The summed E-state index contributed by atoms with van der Waals surface area (Å²) in [6, 6.07) is 9.37. The summed E-state index contributed by atoms with van der Waals surface area (Å²) in [6.45, 7) is 0. The highest BCUT2D eigenvalue weighted by Crippen LogP contribution is 2.51. The molecule has 1 saturated carbocycles. The van der Waals surface area contributed by atoms with Gasteiger partial charge in [-0.2, -0.15) is 0 Å². The van der Waals surface area contributed by atoms with Crippen LogP contribution in [0, 0.1) is 0 Å². The quantitative estimate of drug-likeness (QED) is 0.841. The second-order valence-electron chi connectivity index (χ2n) is 4.36. The van der Waals surface area contributed by atoms with Crippen molar-refractivity contribution in [1.29, 1.82) is 0 Å². The van der Waals surface area contributed by atoms with Crippen LogP contribution in [-0.2, 0) is 5.60 Å². The van der Waals surface area contributed by atoms with Crippen molar-refractivity contribution in [2.45, 2.75) is 18.4 Å². The molecule has 0 aromatic heterocycles. The minimum absolute atomic E-state index is 0.190. The van der Waals surface area contributed by atoms with E-state index in [2.05, 4.69) is 15.9 Å². The van der Waals surface area contributed by atoms with Crippen LogP contribution < -0.4 is 0 Å². The van der Waals surface area contributed by atoms with Gasteiger partial charge in [0.25, 0.3) is 0 Å². The molecule has 3 rings (SSSR count). The van der Waals surface area contributed by atoms with Crippen LogP contribution in [0.4, 0.5) is 0 Å². The summed E-state index contributed by atoms with van der Waals surface area (Å²) in [6.07, 6.45) is 1.46. The molecule has 0 spiro atoms. The van der Waals surface area contributed by atoms with E-state index in [1.807, 2.05) is 24.3 Å². The van der Waals surface area contributed by atoms with Crippen molar-refractivity contribution in [3.63, 3.8) is 0 Å². The number of hydrogen-bond donors (Lipinski definition) is 2. The van der Waals surface area contributed by atoms with E-state index in [0.29, 0.717) is 5.56 Å². The number of halogens is 1. The van der Waals surface area contributed by atoms with E-state index in [1.54, 1.807) is 6.07 Å². The molecule has 2 aromatic carbocycles. The van der Waals surface area contributed by atoms with Gasteiger partial charge in [-0.3, -0.25) is 0 Å². The third-order valence-corrected chi connectivity index (χ3v) is 3.64. The first-order valence-electron chi connectivity index (χ1n) is 5.24. The zero-order chi connectivity index (χ0) is 11.3. The summed E-state index contributed by atoms with van der Waals surface area (Å²) in [7, 11) is 0. The molecule has 2 nitrogen and oxygen atoms in total. The summed E-state index contributed by atoms with van der Waals surface area (Å²) in [5, 5.41) is 22.0. The maximum atomic E-state index is 10.2. The number of phenols is 1. The van der Waals surface area contributed by atoms with Crippen LogP contribution in [0.25, 0.3) is 10.8 Å². The van der Waals surface area contributed by atoms with E-state index in [1.165, 1.54) is 0 Å². The van der Waals surface area contributed by atoms with Gasteiger partial charge in [-0.05, 0) is 41.8 Å². The number of fused-ring (bicyclic) bond motifs is 1. The number of aliphatic hydroxyl groups is 1. The molecule has 0 amide bonds. The molecule has 0 bridgehead atoms. The van der Waals surface area contributed by atoms with Gasteiger partial charge in [0, 0.05) is 10.0 Å². The predicted octanol–water partition coefficient (Wildman–Crippen LogP) is 3.29. The summed E-state index contributed by atoms with van der Waals surface area (Å²) in [4.78, 5) is 0. The third-order valence-electron chi connectivity index (χ3n) is 3.15. The van der Waals surface area contributed by atoms with Gasteiger partial charge in [-0.1, -0.05) is 28.1 Å². The van der Waals surface area contributed by atoms with Crippen molar-refractivity contribution in [3.8, 4) is 5.75 Å². The molecular weight excluding hydrogens is 268 g/mol. The minimum Gasteiger partial charge on any atom is -0.508 e. The molecule has 3 heteroatoms. The van der Waals surface area contributed by atoms with Crippen LogP contribution in [-0.4, -0.2) is 10.2 Å². The molecule has 16 heavy (non-hydrogen) atoms. The first-order chi connectivity index (χ1) is 7.60. The van der Waals surface area contributed by atoms with Crippen molar-refractivity contribution in [2.75, 3.05) is 0 Å². The fourth-order valence-corrected chi connectivity index (χ4v) is 2.53. The first-order valence-corrected chi connectivity index (χ1v) is 6.04. The van der Waals surface area contributed by atoms with E-state index in [0.717, 1.165) is 28.1 Å². The number of hydrogen-bond acceptors (Lipinski definition) is 2. The smallest absolute Gasteiger partial charge is 0.122 e. The van der Waals surface area contributed by atoms with Gasteiger partial charge in [0.2, 0.25) is 0 Å². The lowest BCUT2D eigenvalue weighted by molar-refractivity contribution is 0.149. The van der Waals surface area contributed by atoms with Gasteiger partial charge in [0.05, 0.1) is 5.60 Å². The molecule has 0 unspecified atom stereocenters. The number of phenolic OH excluding ortho intramolecular Hbond substituents is 1. The van der Waals surface area contributed by atoms with Gasteiger partial charge >= 0.3 is 0 Å². The molecule has 0 heterocycles. The third kappa shape index (κ3) is 1.43. The van der Waals surface area contributed by atoms with Crippen LogP contribution in [0.5, 0.6) is 5.75 Å². The van der Waals surface area contributed by atoms with E-state index in [9.17, 15) is 10.2 Å². The van der Waals surface area contributed by atoms with Crippen LogP contribution in [0.15, 0.2) is 34.8 Å². The Morgan fingerprint density at radius 1 is 1.12 bits per heavy atom. The first kappa shape index (κ1) is 10.1. The second-order valence-corrected chi connectivity index (χ2v) is 5.27. The molecular formula is C13H11BrO2. The fraction of sp³-hybridized carbons (Fsp3) is 0.231. The van der Waals surface area contributed by atoms with Crippen LogP contribution in [0.2, 0.25) is 0 Å². The van der Waals surface area contributed by atoms with Crippen molar-refractivity contribution >= 4 is 26.7 Å². The Hall–Kier alpha value is -1.06. The number of rotatable bonds is 1. The Morgan fingerprint density at radius 2 is 1.88 bits per heavy atom. The average molecular weight is 279 g/mol. The Kier molecular flexibility index (Phi) is 2.03. The van der Waals surface area contributed by atoms with Crippen LogP contribution in [0.1, 0.15) is 18.4 Å². The van der Waals surface area contributed by atoms with Crippen LogP contribution in [0.3, 0.4) is 0 Å². The van der Waals surface area contributed by atoms with Crippen molar-refractivity contribution in [2.24, 2.45) is 0 Å². The molecule has 1 fully saturated rings. The molecule has 1 aliphatic carbocycles. The SMILES string of the molecule is Oc1ccc2cc(Br)ccc2c1C1(O)CC1. The summed E-state index contributed by atoms with van der Waals surface area (Å²) in [5.41, 5.74) is -0.130. The van der Waals surface area contributed by atoms with E-state index >= 15 is 0 Å². The zero-order valence-electron chi connectivity index (χ0n) is 8.57. The maximum Gasteiger partial charge on any atom is 0.122 e. The minimum atomic E-state index is -0.808. The predicted molar refractivity (Wildman–Crippen MR) is 66.4 cm³/mol. The molecule has 82 valence electrons. The Labute approximate surface area is 102 Å². The van der Waals surface area contributed by atoms with E-state index in [-0.39, 0.29) is 5.75 Å². The van der Waals surface area contributed by atoms with Gasteiger partial charge < -0.3 is 10.2 Å². The normalized spacial score (nSPS) is 17.6. The topological polar surface area (TPSA) is 40.5 Å². The van der Waals surface area contributed by atoms with Crippen molar-refractivity contribution in [1.82, 2.24) is 0 Å². The lowest BCUT2D eigenvalue weighted by atomic mass is 9.98.